The molecule has 2 aromatic rings. The second-order valence-electron chi connectivity index (χ2n) is 5.18. The van der Waals surface area contributed by atoms with Gasteiger partial charge in [-0.2, -0.15) is 0 Å². The minimum Gasteiger partial charge on any atom is -0.394 e. The molecule has 2 aromatic heterocycles. The lowest BCUT2D eigenvalue weighted by Crippen LogP contribution is -2.60. The van der Waals surface area contributed by atoms with Crippen LogP contribution in [-0.4, -0.2) is 59.3 Å². The van der Waals surface area contributed by atoms with Crippen LogP contribution in [0.4, 0.5) is 5.82 Å². The van der Waals surface area contributed by atoms with E-state index in [1.807, 2.05) is 0 Å². The van der Waals surface area contributed by atoms with Crippen molar-refractivity contribution in [2.45, 2.75) is 23.5 Å². The minimum absolute atomic E-state index is 0. The summed E-state index contributed by atoms with van der Waals surface area (Å²) in [5.41, 5.74) is 3.46. The lowest BCUT2D eigenvalue weighted by atomic mass is 9.76. The number of nitrogens with two attached hydrogens (primary N) is 1. The van der Waals surface area contributed by atoms with Crippen LogP contribution in [0.25, 0.3) is 11.2 Å². The Bertz CT molecular complexity index is 767. The van der Waals surface area contributed by atoms with Crippen molar-refractivity contribution in [3.05, 3.63) is 24.8 Å². The molecule has 1 fully saturated rings. The van der Waals surface area contributed by atoms with Crippen LogP contribution in [0.5, 0.6) is 0 Å². The highest BCUT2D eigenvalue weighted by atomic mass is 35.5. The SMILES string of the molecule is Cl.Nc1ncnc2c1ncn2[C@@]12C=C[C@@]1(O)[C@H](O)[C@@H](CO)O2. The third-order valence-electron chi connectivity index (χ3n) is 4.17. The molecule has 0 saturated carbocycles. The van der Waals surface area contributed by atoms with Gasteiger partial charge < -0.3 is 25.8 Å². The zero-order chi connectivity index (χ0) is 14.8. The number of aromatic nitrogens is 4. The van der Waals surface area contributed by atoms with E-state index in [-0.39, 0.29) is 18.2 Å². The Hall–Kier alpha value is -1.78. The molecule has 9 nitrogen and oxygen atoms in total. The molecular weight excluding hydrogens is 314 g/mol. The number of anilines is 1. The number of hydrogen-bond donors (Lipinski definition) is 4. The predicted octanol–water partition coefficient (Wildman–Crippen LogP) is -1.46. The predicted molar refractivity (Wildman–Crippen MR) is 77.0 cm³/mol. The summed E-state index contributed by atoms with van der Waals surface area (Å²) in [5, 5.41) is 30.1. The highest BCUT2D eigenvalue weighted by molar-refractivity contribution is 5.85. The topological polar surface area (TPSA) is 140 Å². The van der Waals surface area contributed by atoms with E-state index in [1.165, 1.54) is 23.3 Å². The maximum absolute atomic E-state index is 10.7. The summed E-state index contributed by atoms with van der Waals surface area (Å²) in [6.45, 7) is -0.420. The Kier molecular flexibility index (Phi) is 3.17. The minimum atomic E-state index is -1.66. The normalized spacial score (nSPS) is 36.0. The number of nitrogens with zero attached hydrogens (tertiary/aromatic N) is 4. The van der Waals surface area contributed by atoms with Crippen molar-refractivity contribution in [3.63, 3.8) is 0 Å². The monoisotopic (exact) mass is 327 g/mol. The van der Waals surface area contributed by atoms with Gasteiger partial charge in [-0.05, 0) is 12.2 Å². The van der Waals surface area contributed by atoms with E-state index in [1.54, 1.807) is 6.08 Å². The number of hydrogen-bond acceptors (Lipinski definition) is 8. The molecule has 4 rings (SSSR count). The lowest BCUT2D eigenvalue weighted by molar-refractivity contribution is -0.159. The Morgan fingerprint density at radius 1 is 1.32 bits per heavy atom. The first-order valence-corrected chi connectivity index (χ1v) is 6.37. The summed E-state index contributed by atoms with van der Waals surface area (Å²) < 4.78 is 7.18. The van der Waals surface area contributed by atoms with Crippen LogP contribution >= 0.6 is 12.4 Å². The standard InChI is InChI=1S/C12H13N5O4.ClH/c13-9-7-10(15-4-14-9)17(5-16-7)12-2-1-11(12,20)8(19)6(3-18)21-12;/h1-2,4-6,8,18-20H,3H2,(H2,13,14,15);1H/t6-,8-,11-,12-;/m1./s1. The Morgan fingerprint density at radius 3 is 2.73 bits per heavy atom. The number of ether oxygens (including phenoxy) is 1. The molecule has 10 heteroatoms. The quantitative estimate of drug-likeness (QED) is 0.490. The highest BCUT2D eigenvalue weighted by Gasteiger charge is 2.69. The number of nitrogen functional groups attached to an aromatic ring is 1. The van der Waals surface area contributed by atoms with Crippen LogP contribution in [0.15, 0.2) is 24.8 Å². The molecule has 3 heterocycles. The fourth-order valence-corrected chi connectivity index (χ4v) is 2.98. The molecule has 22 heavy (non-hydrogen) atoms. The lowest BCUT2D eigenvalue weighted by Gasteiger charge is -2.45. The van der Waals surface area contributed by atoms with Gasteiger partial charge in [0.2, 0.25) is 5.72 Å². The van der Waals surface area contributed by atoms with Crippen molar-refractivity contribution in [2.75, 3.05) is 12.3 Å². The van der Waals surface area contributed by atoms with Gasteiger partial charge in [0.25, 0.3) is 0 Å². The fraction of sp³-hybridized carbons (Fsp3) is 0.417. The van der Waals surface area contributed by atoms with E-state index < -0.39 is 30.1 Å². The second-order valence-corrected chi connectivity index (χ2v) is 5.18. The zero-order valence-electron chi connectivity index (χ0n) is 11.2. The van der Waals surface area contributed by atoms with Crippen LogP contribution in [-0.2, 0) is 10.5 Å². The smallest absolute Gasteiger partial charge is 0.202 e. The first-order chi connectivity index (χ1) is 10.0. The number of halogens is 1. The van der Waals surface area contributed by atoms with E-state index in [4.69, 9.17) is 10.5 Å². The molecule has 2 aliphatic rings. The number of aliphatic hydroxyl groups is 3. The first-order valence-electron chi connectivity index (χ1n) is 6.37. The van der Waals surface area contributed by atoms with E-state index in [0.29, 0.717) is 11.2 Å². The Morgan fingerprint density at radius 2 is 2.09 bits per heavy atom. The summed E-state index contributed by atoms with van der Waals surface area (Å²) in [6, 6.07) is 0. The maximum atomic E-state index is 10.7. The van der Waals surface area contributed by atoms with Gasteiger partial charge in [0.1, 0.15) is 24.1 Å². The first kappa shape index (κ1) is 15.1. The average Bonchev–Trinajstić information content (AvgIpc) is 2.96. The molecular formula is C12H14ClN5O4. The number of imidazole rings is 1. The Balaban J connectivity index is 0.00000144. The van der Waals surface area contributed by atoms with Crippen LogP contribution in [0.2, 0.25) is 0 Å². The van der Waals surface area contributed by atoms with Gasteiger partial charge in [-0.3, -0.25) is 4.57 Å². The van der Waals surface area contributed by atoms with Gasteiger partial charge in [0.05, 0.1) is 12.9 Å². The molecule has 0 unspecified atom stereocenters. The van der Waals surface area contributed by atoms with Crippen molar-refractivity contribution in [1.82, 2.24) is 19.5 Å². The van der Waals surface area contributed by atoms with Crippen molar-refractivity contribution >= 4 is 29.4 Å². The molecule has 0 spiro atoms. The molecule has 1 aliphatic carbocycles. The van der Waals surface area contributed by atoms with Gasteiger partial charge in [0, 0.05) is 0 Å². The van der Waals surface area contributed by atoms with Gasteiger partial charge in [-0.1, -0.05) is 0 Å². The summed E-state index contributed by atoms with van der Waals surface area (Å²) in [5.74, 6) is 0.208. The highest BCUT2D eigenvalue weighted by Crippen LogP contribution is 2.52. The molecule has 0 amide bonds. The molecule has 0 radical (unpaired) electrons. The van der Waals surface area contributed by atoms with E-state index in [9.17, 15) is 15.3 Å². The molecule has 1 saturated heterocycles. The van der Waals surface area contributed by atoms with Gasteiger partial charge in [0.15, 0.2) is 17.1 Å². The van der Waals surface area contributed by atoms with Crippen molar-refractivity contribution in [2.24, 2.45) is 0 Å². The third kappa shape index (κ3) is 1.49. The molecule has 118 valence electrons. The van der Waals surface area contributed by atoms with Gasteiger partial charge in [-0.15, -0.1) is 12.4 Å². The van der Waals surface area contributed by atoms with Crippen LogP contribution < -0.4 is 5.73 Å². The summed E-state index contributed by atoms with van der Waals surface area (Å²) in [7, 11) is 0. The zero-order valence-corrected chi connectivity index (χ0v) is 12.0. The van der Waals surface area contributed by atoms with E-state index >= 15 is 0 Å². The van der Waals surface area contributed by atoms with Gasteiger partial charge >= 0.3 is 0 Å². The van der Waals surface area contributed by atoms with Gasteiger partial charge in [-0.25, -0.2) is 15.0 Å². The van der Waals surface area contributed by atoms with E-state index in [0.717, 1.165) is 0 Å². The molecule has 5 N–H and O–H groups in total. The van der Waals surface area contributed by atoms with Crippen molar-refractivity contribution in [3.8, 4) is 0 Å². The fourth-order valence-electron chi connectivity index (χ4n) is 2.98. The maximum Gasteiger partial charge on any atom is 0.202 e. The summed E-state index contributed by atoms with van der Waals surface area (Å²) >= 11 is 0. The molecule has 4 atom stereocenters. The van der Waals surface area contributed by atoms with E-state index in [2.05, 4.69) is 15.0 Å². The second kappa shape index (κ2) is 4.61. The largest absolute Gasteiger partial charge is 0.394 e. The average molecular weight is 328 g/mol. The number of fused-ring (bicyclic) bond motifs is 2. The number of aliphatic hydroxyl groups excluding tert-OH is 2. The van der Waals surface area contributed by atoms with Crippen LogP contribution in [0.3, 0.4) is 0 Å². The molecule has 1 aliphatic heterocycles. The number of rotatable bonds is 2. The van der Waals surface area contributed by atoms with Crippen LogP contribution in [0, 0.1) is 0 Å². The molecule has 0 bridgehead atoms. The van der Waals surface area contributed by atoms with Crippen molar-refractivity contribution in [1.29, 1.82) is 0 Å². The Labute approximate surface area is 130 Å². The summed E-state index contributed by atoms with van der Waals surface area (Å²) in [4.78, 5) is 12.1. The molecule has 0 aromatic carbocycles. The summed E-state index contributed by atoms with van der Waals surface area (Å²) in [6.07, 6.45) is 3.54. The van der Waals surface area contributed by atoms with Crippen LogP contribution in [0.1, 0.15) is 0 Å². The van der Waals surface area contributed by atoms with Crippen molar-refractivity contribution < 1.29 is 20.1 Å². The third-order valence-corrected chi connectivity index (χ3v) is 4.17.